The SMILES string of the molecule is COC(=O)[C@@H]1OC2COC(c3ccccc3)O[C@@H]2[C@H](n2cc(-c3nccs3)nn2)C1C. The molecule has 0 aliphatic carbocycles. The van der Waals surface area contributed by atoms with Gasteiger partial charge in [0.15, 0.2) is 12.4 Å². The van der Waals surface area contributed by atoms with Gasteiger partial charge in [0, 0.05) is 23.1 Å². The van der Waals surface area contributed by atoms with Gasteiger partial charge in [-0.3, -0.25) is 0 Å². The van der Waals surface area contributed by atoms with E-state index in [9.17, 15) is 4.79 Å². The first-order valence-corrected chi connectivity index (χ1v) is 10.9. The molecule has 1 aromatic carbocycles. The minimum absolute atomic E-state index is 0.269. The predicted octanol–water partition coefficient (Wildman–Crippen LogP) is 2.63. The first-order valence-electron chi connectivity index (χ1n) is 10.0. The summed E-state index contributed by atoms with van der Waals surface area (Å²) in [6, 6.07) is 9.44. The Hall–Kier alpha value is -2.66. The third-order valence-corrected chi connectivity index (χ3v) is 6.50. The molecule has 2 saturated heterocycles. The lowest BCUT2D eigenvalue weighted by Gasteiger charge is -2.48. The van der Waals surface area contributed by atoms with Crippen LogP contribution in [0.3, 0.4) is 0 Å². The van der Waals surface area contributed by atoms with Crippen molar-refractivity contribution in [3.8, 4) is 10.7 Å². The van der Waals surface area contributed by atoms with Crippen LogP contribution in [0.4, 0.5) is 0 Å². The summed E-state index contributed by atoms with van der Waals surface area (Å²) >= 11 is 1.49. The topological polar surface area (TPSA) is 97.6 Å². The molecule has 2 aliphatic heterocycles. The maximum atomic E-state index is 12.4. The zero-order valence-electron chi connectivity index (χ0n) is 17.0. The van der Waals surface area contributed by atoms with E-state index in [2.05, 4.69) is 15.3 Å². The van der Waals surface area contributed by atoms with E-state index in [1.807, 2.05) is 48.8 Å². The third kappa shape index (κ3) is 3.76. The van der Waals surface area contributed by atoms with Crippen LogP contribution in [0, 0.1) is 5.92 Å². The van der Waals surface area contributed by atoms with Crippen molar-refractivity contribution in [2.45, 2.75) is 37.6 Å². The monoisotopic (exact) mass is 442 g/mol. The van der Waals surface area contributed by atoms with Gasteiger partial charge >= 0.3 is 5.97 Å². The number of esters is 1. The van der Waals surface area contributed by atoms with E-state index in [-0.39, 0.29) is 24.7 Å². The van der Waals surface area contributed by atoms with Gasteiger partial charge in [-0.2, -0.15) is 0 Å². The molecule has 31 heavy (non-hydrogen) atoms. The maximum absolute atomic E-state index is 12.4. The number of thiazole rings is 1. The Morgan fingerprint density at radius 2 is 2.10 bits per heavy atom. The Kier molecular flexibility index (Phi) is 5.53. The number of carbonyl (C=O) groups is 1. The molecule has 9 nitrogen and oxygen atoms in total. The first-order chi connectivity index (χ1) is 15.2. The summed E-state index contributed by atoms with van der Waals surface area (Å²) in [5.74, 6) is -0.699. The number of benzene rings is 1. The van der Waals surface area contributed by atoms with Crippen molar-refractivity contribution in [2.24, 2.45) is 5.92 Å². The summed E-state index contributed by atoms with van der Waals surface area (Å²) in [7, 11) is 1.36. The molecule has 0 bridgehead atoms. The fraction of sp³-hybridized carbons (Fsp3) is 0.429. The highest BCUT2D eigenvalue weighted by molar-refractivity contribution is 7.13. The van der Waals surface area contributed by atoms with Crippen LogP contribution in [0.1, 0.15) is 24.8 Å². The number of rotatable bonds is 4. The largest absolute Gasteiger partial charge is 0.467 e. The number of ether oxygens (including phenoxy) is 4. The van der Waals surface area contributed by atoms with Crippen molar-refractivity contribution in [3.63, 3.8) is 0 Å². The summed E-state index contributed by atoms with van der Waals surface area (Å²) in [6.07, 6.45) is 1.44. The van der Waals surface area contributed by atoms with E-state index >= 15 is 0 Å². The van der Waals surface area contributed by atoms with Gasteiger partial charge in [0.2, 0.25) is 0 Å². The lowest BCUT2D eigenvalue weighted by molar-refractivity contribution is -0.307. The van der Waals surface area contributed by atoms with Crippen LogP contribution in [0.15, 0.2) is 48.1 Å². The van der Waals surface area contributed by atoms with E-state index in [4.69, 9.17) is 18.9 Å². The lowest BCUT2D eigenvalue weighted by Crippen LogP contribution is -2.58. The fourth-order valence-electron chi connectivity index (χ4n) is 4.19. The second-order valence-corrected chi connectivity index (χ2v) is 8.46. The standard InChI is InChI=1S/C21H22N4O5S/c1-12-16(25-10-14(23-24-25)19-22-8-9-31-19)18-15(29-17(12)20(26)27-2)11-28-21(30-18)13-6-4-3-5-7-13/h3-10,12,15-18,21H,11H2,1-2H3/t12?,15?,16-,17-,18+,21?/m1/s1. The zero-order chi connectivity index (χ0) is 21.4. The third-order valence-electron chi connectivity index (χ3n) is 5.71. The molecule has 3 aromatic rings. The number of fused-ring (bicyclic) bond motifs is 1. The number of hydrogen-bond acceptors (Lipinski definition) is 9. The molecule has 2 fully saturated rings. The van der Waals surface area contributed by atoms with Gasteiger partial charge < -0.3 is 18.9 Å². The van der Waals surface area contributed by atoms with Crippen molar-refractivity contribution in [3.05, 3.63) is 53.7 Å². The summed E-state index contributed by atoms with van der Waals surface area (Å²) in [6.45, 7) is 2.22. The van der Waals surface area contributed by atoms with Crippen LogP contribution in [0.25, 0.3) is 10.7 Å². The van der Waals surface area contributed by atoms with Crippen LogP contribution in [-0.4, -0.2) is 58.0 Å². The Balaban J connectivity index is 1.49. The molecule has 0 spiro atoms. The Labute approximate surface area is 182 Å². The molecule has 5 rings (SSSR count). The predicted molar refractivity (Wildman–Crippen MR) is 110 cm³/mol. The highest BCUT2D eigenvalue weighted by Gasteiger charge is 2.51. The highest BCUT2D eigenvalue weighted by atomic mass is 32.1. The van der Waals surface area contributed by atoms with Gasteiger partial charge in [0.1, 0.15) is 22.9 Å². The normalized spacial score (nSPS) is 30.5. The molecule has 0 N–H and O–H groups in total. The van der Waals surface area contributed by atoms with Gasteiger partial charge in [-0.05, 0) is 0 Å². The van der Waals surface area contributed by atoms with Crippen LogP contribution in [0.5, 0.6) is 0 Å². The summed E-state index contributed by atoms with van der Waals surface area (Å²) in [5.41, 5.74) is 1.59. The van der Waals surface area contributed by atoms with E-state index in [1.54, 1.807) is 10.9 Å². The van der Waals surface area contributed by atoms with Crippen molar-refractivity contribution < 1.29 is 23.7 Å². The zero-order valence-corrected chi connectivity index (χ0v) is 17.8. The van der Waals surface area contributed by atoms with Crippen LogP contribution in [0.2, 0.25) is 0 Å². The first kappa shape index (κ1) is 20.3. The van der Waals surface area contributed by atoms with Crippen molar-refractivity contribution in [1.82, 2.24) is 20.0 Å². The van der Waals surface area contributed by atoms with Crippen LogP contribution < -0.4 is 0 Å². The van der Waals surface area contributed by atoms with Gasteiger partial charge in [-0.1, -0.05) is 42.5 Å². The summed E-state index contributed by atoms with van der Waals surface area (Å²) in [5, 5.41) is 11.3. The molecule has 2 aliphatic rings. The highest BCUT2D eigenvalue weighted by Crippen LogP contribution is 2.42. The molecular weight excluding hydrogens is 420 g/mol. The van der Waals surface area contributed by atoms with Crippen molar-refractivity contribution in [2.75, 3.05) is 13.7 Å². The molecule has 3 unspecified atom stereocenters. The van der Waals surface area contributed by atoms with Gasteiger partial charge in [0.25, 0.3) is 0 Å². The molecule has 162 valence electrons. The number of nitrogens with zero attached hydrogens (tertiary/aromatic N) is 4. The van der Waals surface area contributed by atoms with Crippen LogP contribution in [-0.2, 0) is 23.7 Å². The number of aromatic nitrogens is 4. The average molecular weight is 442 g/mol. The average Bonchev–Trinajstić information content (AvgIpc) is 3.50. The Bertz CT molecular complexity index is 1030. The molecule has 0 saturated carbocycles. The maximum Gasteiger partial charge on any atom is 0.335 e. The molecule has 4 heterocycles. The number of carbonyl (C=O) groups excluding carboxylic acids is 1. The van der Waals surface area contributed by atoms with E-state index in [0.717, 1.165) is 10.6 Å². The smallest absolute Gasteiger partial charge is 0.335 e. The van der Waals surface area contributed by atoms with E-state index in [0.29, 0.717) is 5.69 Å². The van der Waals surface area contributed by atoms with Gasteiger partial charge in [0.05, 0.1) is 26.0 Å². The number of methoxy groups -OCH3 is 1. The molecule has 0 radical (unpaired) electrons. The second-order valence-electron chi connectivity index (χ2n) is 7.57. The summed E-state index contributed by atoms with van der Waals surface area (Å²) < 4.78 is 25.1. The van der Waals surface area contributed by atoms with E-state index in [1.165, 1.54) is 18.4 Å². The van der Waals surface area contributed by atoms with Gasteiger partial charge in [-0.25, -0.2) is 14.5 Å². The summed E-state index contributed by atoms with van der Waals surface area (Å²) in [4.78, 5) is 16.7. The van der Waals surface area contributed by atoms with Crippen molar-refractivity contribution >= 4 is 17.3 Å². The quantitative estimate of drug-likeness (QED) is 0.569. The van der Waals surface area contributed by atoms with Gasteiger partial charge in [-0.15, -0.1) is 16.4 Å². The Morgan fingerprint density at radius 3 is 2.84 bits per heavy atom. The number of hydrogen-bond donors (Lipinski definition) is 0. The fourth-order valence-corrected chi connectivity index (χ4v) is 4.77. The van der Waals surface area contributed by atoms with E-state index < -0.39 is 24.5 Å². The molecule has 2 aromatic heterocycles. The lowest BCUT2D eigenvalue weighted by atomic mass is 9.85. The molecule has 0 amide bonds. The Morgan fingerprint density at radius 1 is 1.26 bits per heavy atom. The minimum Gasteiger partial charge on any atom is -0.467 e. The van der Waals surface area contributed by atoms with Crippen molar-refractivity contribution in [1.29, 1.82) is 0 Å². The molecule has 10 heteroatoms. The molecule has 6 atom stereocenters. The second kappa shape index (κ2) is 8.46. The minimum atomic E-state index is -0.760. The van der Waals surface area contributed by atoms with Crippen LogP contribution >= 0.6 is 11.3 Å². The molecular formula is C21H22N4O5S.